The lowest BCUT2D eigenvalue weighted by atomic mass is 10.1. The fraction of sp³-hybridized carbons (Fsp3) is 1.00. The summed E-state index contributed by atoms with van der Waals surface area (Å²) in [5, 5.41) is 0. The van der Waals surface area contributed by atoms with Gasteiger partial charge in [0.1, 0.15) is 0 Å². The van der Waals surface area contributed by atoms with E-state index in [1.165, 1.54) is 18.9 Å². The Morgan fingerprint density at radius 2 is 1.91 bits per heavy atom. The van der Waals surface area contributed by atoms with Crippen LogP contribution in [0.3, 0.4) is 0 Å². The summed E-state index contributed by atoms with van der Waals surface area (Å²) in [6.07, 6.45) is 2.72. The minimum atomic E-state index is -0.778. The summed E-state index contributed by atoms with van der Waals surface area (Å²) >= 11 is 0. The fourth-order valence-corrected chi connectivity index (χ4v) is 4.62. The summed E-state index contributed by atoms with van der Waals surface area (Å²) in [4.78, 5) is 0. The Hall–Kier alpha value is 0.177. The predicted octanol–water partition coefficient (Wildman–Crippen LogP) is 2.57. The van der Waals surface area contributed by atoms with E-state index >= 15 is 0 Å². The first-order chi connectivity index (χ1) is 5.22. The molecule has 1 fully saturated rings. The molecule has 11 heavy (non-hydrogen) atoms. The molecule has 1 aliphatic heterocycles. The maximum atomic E-state index is 5.84. The molecule has 0 spiro atoms. The van der Waals surface area contributed by atoms with E-state index in [0.29, 0.717) is 0 Å². The van der Waals surface area contributed by atoms with Crippen LogP contribution in [0.1, 0.15) is 33.6 Å². The lowest BCUT2D eigenvalue weighted by Crippen LogP contribution is -2.29. The fourth-order valence-electron chi connectivity index (χ4n) is 1.61. The molecule has 66 valence electrons. The highest BCUT2D eigenvalue weighted by molar-refractivity contribution is 6.53. The highest BCUT2D eigenvalue weighted by Gasteiger charge is 2.24. The third-order valence-corrected chi connectivity index (χ3v) is 6.44. The molecule has 0 radical (unpaired) electrons. The van der Waals surface area contributed by atoms with Gasteiger partial charge in [-0.05, 0) is 23.9 Å². The second-order valence-corrected chi connectivity index (χ2v) is 7.05. The predicted molar refractivity (Wildman–Crippen MR) is 51.4 cm³/mol. The van der Waals surface area contributed by atoms with E-state index in [9.17, 15) is 0 Å². The summed E-state index contributed by atoms with van der Waals surface area (Å²) in [7, 11) is -0.778. The van der Waals surface area contributed by atoms with Crippen LogP contribution in [0.25, 0.3) is 0 Å². The van der Waals surface area contributed by atoms with Crippen molar-refractivity contribution < 1.29 is 4.43 Å². The van der Waals surface area contributed by atoms with Crippen molar-refractivity contribution in [2.45, 2.75) is 45.2 Å². The molecule has 1 nitrogen and oxygen atoms in total. The largest absolute Gasteiger partial charge is 0.420 e. The van der Waals surface area contributed by atoms with Crippen LogP contribution in [0.5, 0.6) is 0 Å². The molecule has 2 unspecified atom stereocenters. The van der Waals surface area contributed by atoms with Crippen LogP contribution in [-0.2, 0) is 4.43 Å². The van der Waals surface area contributed by atoms with Crippen molar-refractivity contribution in [2.75, 3.05) is 6.61 Å². The van der Waals surface area contributed by atoms with Gasteiger partial charge in [-0.15, -0.1) is 0 Å². The van der Waals surface area contributed by atoms with Crippen molar-refractivity contribution in [3.63, 3.8) is 0 Å². The molecular weight excluding hydrogens is 152 g/mol. The molecule has 0 bridgehead atoms. The Morgan fingerprint density at radius 1 is 1.18 bits per heavy atom. The van der Waals surface area contributed by atoms with E-state index < -0.39 is 9.04 Å². The van der Waals surface area contributed by atoms with Crippen LogP contribution < -0.4 is 0 Å². The highest BCUT2D eigenvalue weighted by atomic mass is 28.3. The molecule has 1 saturated heterocycles. The van der Waals surface area contributed by atoms with Gasteiger partial charge in [-0.1, -0.05) is 27.2 Å². The molecule has 1 rings (SSSR count). The zero-order chi connectivity index (χ0) is 8.27. The van der Waals surface area contributed by atoms with Crippen LogP contribution >= 0.6 is 0 Å². The molecule has 0 amide bonds. The van der Waals surface area contributed by atoms with Crippen LogP contribution in [-0.4, -0.2) is 15.6 Å². The molecule has 1 heterocycles. The molecule has 0 aromatic rings. The van der Waals surface area contributed by atoms with Crippen LogP contribution in [0, 0.1) is 5.92 Å². The Morgan fingerprint density at radius 3 is 2.36 bits per heavy atom. The van der Waals surface area contributed by atoms with Gasteiger partial charge in [0.05, 0.1) is 0 Å². The molecule has 2 heteroatoms. The summed E-state index contributed by atoms with van der Waals surface area (Å²) in [6, 6.07) is 1.42. The van der Waals surface area contributed by atoms with Crippen molar-refractivity contribution in [3.05, 3.63) is 0 Å². The summed E-state index contributed by atoms with van der Waals surface area (Å²) in [5.74, 6) is 0.824. The Bertz CT molecular complexity index is 108. The number of rotatable bonds is 2. The van der Waals surface area contributed by atoms with Gasteiger partial charge in [-0.2, -0.15) is 0 Å². The standard InChI is InChI=1S/C9H20OSi/c1-8(2)9(3)11-7-5-4-6-10-11/h8-9,11H,4-7H2,1-3H3. The van der Waals surface area contributed by atoms with Crippen LogP contribution in [0.15, 0.2) is 0 Å². The van der Waals surface area contributed by atoms with E-state index in [1.54, 1.807) is 0 Å². The van der Waals surface area contributed by atoms with Crippen LogP contribution in [0.2, 0.25) is 11.6 Å². The number of hydrogen-bond donors (Lipinski definition) is 0. The van der Waals surface area contributed by atoms with Crippen molar-refractivity contribution in [1.29, 1.82) is 0 Å². The van der Waals surface area contributed by atoms with Crippen molar-refractivity contribution >= 4 is 9.04 Å². The van der Waals surface area contributed by atoms with E-state index in [4.69, 9.17) is 4.43 Å². The second kappa shape index (κ2) is 4.26. The average Bonchev–Trinajstić information content (AvgIpc) is 2.05. The third kappa shape index (κ3) is 2.60. The normalized spacial score (nSPS) is 28.9. The zero-order valence-electron chi connectivity index (χ0n) is 7.97. The van der Waals surface area contributed by atoms with Crippen molar-refractivity contribution in [3.8, 4) is 0 Å². The Labute approximate surface area is 71.9 Å². The van der Waals surface area contributed by atoms with E-state index in [0.717, 1.165) is 18.1 Å². The lowest BCUT2D eigenvalue weighted by molar-refractivity contribution is 0.274. The minimum absolute atomic E-state index is 0.778. The smallest absolute Gasteiger partial charge is 0.179 e. The first kappa shape index (κ1) is 9.27. The second-order valence-electron chi connectivity index (χ2n) is 4.01. The highest BCUT2D eigenvalue weighted by Crippen LogP contribution is 2.27. The molecular formula is C9H20OSi. The number of hydrogen-bond acceptors (Lipinski definition) is 1. The summed E-state index contributed by atoms with van der Waals surface area (Å²) in [6.45, 7) is 8.05. The topological polar surface area (TPSA) is 9.23 Å². The van der Waals surface area contributed by atoms with Crippen LogP contribution in [0.4, 0.5) is 0 Å². The summed E-state index contributed by atoms with van der Waals surface area (Å²) in [5.41, 5.74) is 0.871. The maximum absolute atomic E-state index is 5.84. The van der Waals surface area contributed by atoms with Crippen molar-refractivity contribution in [1.82, 2.24) is 0 Å². The van der Waals surface area contributed by atoms with E-state index in [2.05, 4.69) is 20.8 Å². The zero-order valence-corrected chi connectivity index (χ0v) is 9.12. The molecule has 0 N–H and O–H groups in total. The van der Waals surface area contributed by atoms with Gasteiger partial charge < -0.3 is 4.43 Å². The van der Waals surface area contributed by atoms with E-state index in [1.807, 2.05) is 0 Å². The minimum Gasteiger partial charge on any atom is -0.420 e. The van der Waals surface area contributed by atoms with Gasteiger partial charge in [0.15, 0.2) is 9.04 Å². The molecule has 0 aliphatic carbocycles. The van der Waals surface area contributed by atoms with Gasteiger partial charge in [0.2, 0.25) is 0 Å². The molecule has 0 aromatic carbocycles. The SMILES string of the molecule is CC(C)C(C)[SiH]1CCCCO1. The van der Waals surface area contributed by atoms with E-state index in [-0.39, 0.29) is 0 Å². The van der Waals surface area contributed by atoms with Gasteiger partial charge in [-0.3, -0.25) is 0 Å². The average molecular weight is 172 g/mol. The monoisotopic (exact) mass is 172 g/mol. The van der Waals surface area contributed by atoms with Gasteiger partial charge in [0, 0.05) is 6.61 Å². The van der Waals surface area contributed by atoms with Gasteiger partial charge >= 0.3 is 0 Å². The van der Waals surface area contributed by atoms with Gasteiger partial charge in [0.25, 0.3) is 0 Å². The molecule has 1 aliphatic rings. The lowest BCUT2D eigenvalue weighted by Gasteiger charge is -2.28. The quantitative estimate of drug-likeness (QED) is 0.582. The first-order valence-corrected chi connectivity index (χ1v) is 6.79. The van der Waals surface area contributed by atoms with Gasteiger partial charge in [-0.25, -0.2) is 0 Å². The molecule has 0 saturated carbocycles. The van der Waals surface area contributed by atoms with Crippen molar-refractivity contribution in [2.24, 2.45) is 5.92 Å². The Kier molecular flexibility index (Phi) is 3.59. The third-order valence-electron chi connectivity index (χ3n) is 2.85. The maximum Gasteiger partial charge on any atom is 0.179 e. The molecule has 2 atom stereocenters. The molecule has 0 aromatic heterocycles. The first-order valence-electron chi connectivity index (χ1n) is 4.83. The summed E-state index contributed by atoms with van der Waals surface area (Å²) < 4.78 is 5.84. The Balaban J connectivity index is 2.32.